The molecule has 4 heteroatoms. The van der Waals surface area contributed by atoms with Crippen LogP contribution in [-0.2, 0) is 0 Å². The molecule has 1 heterocycles. The van der Waals surface area contributed by atoms with Crippen molar-refractivity contribution in [3.63, 3.8) is 0 Å². The van der Waals surface area contributed by atoms with Gasteiger partial charge in [0.15, 0.2) is 0 Å². The molecular weight excluding hydrogens is 260 g/mol. The quantitative estimate of drug-likeness (QED) is 0.830. The Morgan fingerprint density at radius 1 is 1.58 bits per heavy atom. The van der Waals surface area contributed by atoms with E-state index < -0.39 is 0 Å². The molecule has 100 valence electrons. The van der Waals surface area contributed by atoms with Gasteiger partial charge >= 0.3 is 0 Å². The molecule has 1 aromatic carbocycles. The van der Waals surface area contributed by atoms with Crippen molar-refractivity contribution in [2.75, 3.05) is 19.6 Å². The zero-order chi connectivity index (χ0) is 13.7. The Bertz CT molecular complexity index is 501. The zero-order valence-electron chi connectivity index (χ0n) is 10.7. The number of hydrogen-bond donors (Lipinski definition) is 2. The van der Waals surface area contributed by atoms with Gasteiger partial charge in [0.2, 0.25) is 0 Å². The lowest BCUT2D eigenvalue weighted by atomic mass is 9.99. The number of piperidine rings is 1. The largest absolute Gasteiger partial charge is 0.352 e. The minimum Gasteiger partial charge on any atom is -0.352 e. The third-order valence-corrected chi connectivity index (χ3v) is 3.66. The Balaban J connectivity index is 1.97. The van der Waals surface area contributed by atoms with Crippen LogP contribution < -0.4 is 10.6 Å². The highest BCUT2D eigenvalue weighted by atomic mass is 35.5. The fourth-order valence-electron chi connectivity index (χ4n) is 2.22. The van der Waals surface area contributed by atoms with Crippen molar-refractivity contribution in [2.45, 2.75) is 12.8 Å². The smallest absolute Gasteiger partial charge is 0.252 e. The first-order chi connectivity index (χ1) is 9.20. The van der Waals surface area contributed by atoms with Crippen LogP contribution >= 0.6 is 11.6 Å². The molecule has 1 aromatic rings. The maximum atomic E-state index is 12.1. The van der Waals surface area contributed by atoms with E-state index in [0.29, 0.717) is 28.6 Å². The molecule has 1 fully saturated rings. The number of halogens is 1. The van der Waals surface area contributed by atoms with E-state index in [1.54, 1.807) is 18.2 Å². The molecule has 2 rings (SSSR count). The Labute approximate surface area is 118 Å². The van der Waals surface area contributed by atoms with Crippen LogP contribution in [0.5, 0.6) is 0 Å². The fourth-order valence-corrected chi connectivity index (χ4v) is 2.42. The molecule has 0 aliphatic carbocycles. The second-order valence-corrected chi connectivity index (χ2v) is 5.17. The van der Waals surface area contributed by atoms with Crippen molar-refractivity contribution >= 4 is 17.5 Å². The predicted molar refractivity (Wildman–Crippen MR) is 77.3 cm³/mol. The van der Waals surface area contributed by atoms with Gasteiger partial charge in [0.1, 0.15) is 0 Å². The van der Waals surface area contributed by atoms with Gasteiger partial charge in [-0.2, -0.15) is 0 Å². The molecule has 1 atom stereocenters. The summed E-state index contributed by atoms with van der Waals surface area (Å²) < 4.78 is 0. The summed E-state index contributed by atoms with van der Waals surface area (Å²) in [5.41, 5.74) is 1.11. The van der Waals surface area contributed by atoms with E-state index in [1.807, 2.05) is 0 Å². The van der Waals surface area contributed by atoms with E-state index >= 15 is 0 Å². The molecule has 0 radical (unpaired) electrons. The molecule has 19 heavy (non-hydrogen) atoms. The first kappa shape index (κ1) is 13.9. The average molecular weight is 277 g/mol. The number of hydrogen-bond acceptors (Lipinski definition) is 2. The summed E-state index contributed by atoms with van der Waals surface area (Å²) in [5.74, 6) is 2.84. The van der Waals surface area contributed by atoms with Gasteiger partial charge < -0.3 is 10.6 Å². The van der Waals surface area contributed by atoms with Crippen molar-refractivity contribution < 1.29 is 4.79 Å². The predicted octanol–water partition coefficient (Wildman–Crippen LogP) is 2.05. The topological polar surface area (TPSA) is 41.1 Å². The molecule has 0 spiro atoms. The second kappa shape index (κ2) is 6.60. The van der Waals surface area contributed by atoms with Gasteiger partial charge in [-0.05, 0) is 50.0 Å². The van der Waals surface area contributed by atoms with Gasteiger partial charge in [0, 0.05) is 12.1 Å². The molecule has 1 saturated heterocycles. The van der Waals surface area contributed by atoms with E-state index in [2.05, 4.69) is 16.6 Å². The molecule has 0 saturated carbocycles. The summed E-state index contributed by atoms with van der Waals surface area (Å²) >= 11 is 6.03. The molecule has 1 unspecified atom stereocenters. The van der Waals surface area contributed by atoms with Gasteiger partial charge in [-0.15, -0.1) is 6.42 Å². The lowest BCUT2D eigenvalue weighted by Gasteiger charge is -2.22. The lowest BCUT2D eigenvalue weighted by Crippen LogP contribution is -2.38. The van der Waals surface area contributed by atoms with E-state index in [4.69, 9.17) is 18.0 Å². The van der Waals surface area contributed by atoms with E-state index in [9.17, 15) is 4.79 Å². The number of rotatable bonds is 3. The maximum Gasteiger partial charge on any atom is 0.252 e. The van der Waals surface area contributed by atoms with Crippen molar-refractivity contribution in [1.29, 1.82) is 0 Å². The average Bonchev–Trinajstić information content (AvgIpc) is 2.46. The van der Waals surface area contributed by atoms with Crippen LogP contribution in [0.1, 0.15) is 28.8 Å². The molecule has 1 aliphatic heterocycles. The third-order valence-electron chi connectivity index (χ3n) is 3.33. The van der Waals surface area contributed by atoms with Crippen LogP contribution in [0.2, 0.25) is 5.02 Å². The standard InChI is InChI=1S/C15H17ClN2O/c1-2-11-5-6-14(16)13(8-11)15(19)18-10-12-4-3-7-17-9-12/h1,5-6,8,12,17H,3-4,7,9-10H2,(H,18,19). The Hall–Kier alpha value is -1.50. The summed E-state index contributed by atoms with van der Waals surface area (Å²) in [6, 6.07) is 5.04. The summed E-state index contributed by atoms with van der Waals surface area (Å²) in [4.78, 5) is 12.1. The summed E-state index contributed by atoms with van der Waals surface area (Å²) in [6.07, 6.45) is 7.63. The fraction of sp³-hybridized carbons (Fsp3) is 0.400. The number of carbonyl (C=O) groups is 1. The van der Waals surface area contributed by atoms with Crippen molar-refractivity contribution in [2.24, 2.45) is 5.92 Å². The number of nitrogens with one attached hydrogen (secondary N) is 2. The normalized spacial score (nSPS) is 18.6. The molecular formula is C15H17ClN2O. The number of benzene rings is 1. The highest BCUT2D eigenvalue weighted by Crippen LogP contribution is 2.17. The lowest BCUT2D eigenvalue weighted by molar-refractivity contribution is 0.0945. The van der Waals surface area contributed by atoms with Gasteiger partial charge in [-0.25, -0.2) is 0 Å². The monoisotopic (exact) mass is 276 g/mol. The third kappa shape index (κ3) is 3.73. The zero-order valence-corrected chi connectivity index (χ0v) is 11.5. The van der Waals surface area contributed by atoms with Crippen LogP contribution in [0.3, 0.4) is 0 Å². The molecule has 0 aromatic heterocycles. The molecule has 1 amide bonds. The molecule has 1 aliphatic rings. The first-order valence-corrected chi connectivity index (χ1v) is 6.83. The number of terminal acetylenes is 1. The summed E-state index contributed by atoms with van der Waals surface area (Å²) in [6.45, 7) is 2.70. The molecule has 2 N–H and O–H groups in total. The van der Waals surface area contributed by atoms with Crippen LogP contribution in [-0.4, -0.2) is 25.5 Å². The van der Waals surface area contributed by atoms with Crippen molar-refractivity contribution in [3.8, 4) is 12.3 Å². The van der Waals surface area contributed by atoms with Crippen molar-refractivity contribution in [1.82, 2.24) is 10.6 Å². The van der Waals surface area contributed by atoms with E-state index in [-0.39, 0.29) is 5.91 Å². The van der Waals surface area contributed by atoms with Crippen LogP contribution in [0.15, 0.2) is 18.2 Å². The Morgan fingerprint density at radius 2 is 2.42 bits per heavy atom. The Morgan fingerprint density at radius 3 is 3.11 bits per heavy atom. The highest BCUT2D eigenvalue weighted by Gasteiger charge is 2.16. The van der Waals surface area contributed by atoms with Crippen LogP contribution in [0, 0.1) is 18.3 Å². The number of carbonyl (C=O) groups excluding carboxylic acids is 1. The minimum absolute atomic E-state index is 0.160. The van der Waals surface area contributed by atoms with Gasteiger partial charge in [-0.3, -0.25) is 4.79 Å². The van der Waals surface area contributed by atoms with Gasteiger partial charge in [0.05, 0.1) is 10.6 Å². The Kier molecular flexibility index (Phi) is 4.84. The van der Waals surface area contributed by atoms with Crippen molar-refractivity contribution in [3.05, 3.63) is 34.3 Å². The van der Waals surface area contributed by atoms with E-state index in [1.165, 1.54) is 0 Å². The highest BCUT2D eigenvalue weighted by molar-refractivity contribution is 6.33. The van der Waals surface area contributed by atoms with Crippen LogP contribution in [0.25, 0.3) is 0 Å². The number of amides is 1. The minimum atomic E-state index is -0.160. The molecule has 3 nitrogen and oxygen atoms in total. The maximum absolute atomic E-state index is 12.1. The van der Waals surface area contributed by atoms with E-state index in [0.717, 1.165) is 25.9 Å². The first-order valence-electron chi connectivity index (χ1n) is 6.46. The molecule has 0 bridgehead atoms. The SMILES string of the molecule is C#Cc1ccc(Cl)c(C(=O)NCC2CCCNC2)c1. The van der Waals surface area contributed by atoms with Gasteiger partial charge in [-0.1, -0.05) is 17.5 Å². The van der Waals surface area contributed by atoms with Crippen LogP contribution in [0.4, 0.5) is 0 Å². The summed E-state index contributed by atoms with van der Waals surface area (Å²) in [7, 11) is 0. The second-order valence-electron chi connectivity index (χ2n) is 4.76. The summed E-state index contributed by atoms with van der Waals surface area (Å²) in [5, 5.41) is 6.68. The van der Waals surface area contributed by atoms with Gasteiger partial charge in [0.25, 0.3) is 5.91 Å².